The molecule has 5 nitrogen and oxygen atoms in total. The molecule has 2 aromatic rings. The molecule has 0 atom stereocenters. The molecular formula is C23H32N4OS. The summed E-state index contributed by atoms with van der Waals surface area (Å²) in [5, 5.41) is 7.23. The molecule has 0 amide bonds. The van der Waals surface area contributed by atoms with Crippen molar-refractivity contribution in [1.29, 1.82) is 0 Å². The number of thiocarbonyl (C=S) groups is 1. The minimum atomic E-state index is 0.677. The third kappa shape index (κ3) is 6.08. The van der Waals surface area contributed by atoms with Gasteiger partial charge in [0, 0.05) is 56.2 Å². The third-order valence-electron chi connectivity index (χ3n) is 5.29. The van der Waals surface area contributed by atoms with E-state index in [1.807, 2.05) is 19.1 Å². The Morgan fingerprint density at radius 3 is 2.45 bits per heavy atom. The van der Waals surface area contributed by atoms with Crippen molar-refractivity contribution in [2.45, 2.75) is 20.8 Å². The first-order valence-corrected chi connectivity index (χ1v) is 10.8. The Balaban J connectivity index is 1.40. The zero-order chi connectivity index (χ0) is 20.6. The Kier molecular flexibility index (Phi) is 7.72. The van der Waals surface area contributed by atoms with E-state index in [-0.39, 0.29) is 0 Å². The average Bonchev–Trinajstić information content (AvgIpc) is 2.72. The molecule has 1 aliphatic heterocycles. The van der Waals surface area contributed by atoms with Gasteiger partial charge in [-0.1, -0.05) is 23.8 Å². The van der Waals surface area contributed by atoms with Crippen LogP contribution in [0.25, 0.3) is 0 Å². The van der Waals surface area contributed by atoms with Gasteiger partial charge in [0.05, 0.1) is 6.61 Å². The summed E-state index contributed by atoms with van der Waals surface area (Å²) in [6.45, 7) is 13.0. The molecule has 3 rings (SSSR count). The second-order valence-corrected chi connectivity index (χ2v) is 7.82. The van der Waals surface area contributed by atoms with Crippen molar-refractivity contribution >= 4 is 28.7 Å². The van der Waals surface area contributed by atoms with Gasteiger partial charge < -0.3 is 20.3 Å². The normalized spacial score (nSPS) is 14.5. The van der Waals surface area contributed by atoms with E-state index < -0.39 is 0 Å². The number of nitrogens with zero attached hydrogens (tertiary/aromatic N) is 2. The van der Waals surface area contributed by atoms with Crippen LogP contribution in [0.4, 0.5) is 11.4 Å². The minimum absolute atomic E-state index is 0.677. The molecule has 6 heteroatoms. The van der Waals surface area contributed by atoms with Crippen LogP contribution in [0.1, 0.15) is 18.1 Å². The topological polar surface area (TPSA) is 39.8 Å². The number of piperazine rings is 1. The van der Waals surface area contributed by atoms with E-state index in [0.29, 0.717) is 11.7 Å². The van der Waals surface area contributed by atoms with Crippen molar-refractivity contribution in [3.63, 3.8) is 0 Å². The van der Waals surface area contributed by atoms with Crippen LogP contribution in [0.5, 0.6) is 5.75 Å². The Morgan fingerprint density at radius 1 is 1.03 bits per heavy atom. The quantitative estimate of drug-likeness (QED) is 0.674. The van der Waals surface area contributed by atoms with Crippen LogP contribution in [-0.4, -0.2) is 55.9 Å². The molecule has 0 unspecified atom stereocenters. The Bertz CT molecular complexity index is 801. The molecule has 1 heterocycles. The van der Waals surface area contributed by atoms with Crippen molar-refractivity contribution in [3.8, 4) is 5.75 Å². The van der Waals surface area contributed by atoms with Crippen LogP contribution < -0.4 is 20.3 Å². The molecule has 0 aliphatic carbocycles. The molecule has 2 N–H and O–H groups in total. The third-order valence-corrected chi connectivity index (χ3v) is 5.54. The van der Waals surface area contributed by atoms with Crippen LogP contribution in [0.2, 0.25) is 0 Å². The predicted molar refractivity (Wildman–Crippen MR) is 126 cm³/mol. The van der Waals surface area contributed by atoms with Crippen molar-refractivity contribution in [2.75, 3.05) is 56.1 Å². The second-order valence-electron chi connectivity index (χ2n) is 7.41. The van der Waals surface area contributed by atoms with E-state index in [1.54, 1.807) is 0 Å². The summed E-state index contributed by atoms with van der Waals surface area (Å²) in [6.07, 6.45) is 0. The number of hydrogen-bond donors (Lipinski definition) is 2. The summed E-state index contributed by atoms with van der Waals surface area (Å²) >= 11 is 5.41. The van der Waals surface area contributed by atoms with Gasteiger partial charge in [-0.2, -0.15) is 0 Å². The molecule has 0 aromatic heterocycles. The predicted octanol–water partition coefficient (Wildman–Crippen LogP) is 3.81. The number of hydrogen-bond acceptors (Lipinski definition) is 4. The fraction of sp³-hybridized carbons (Fsp3) is 0.435. The van der Waals surface area contributed by atoms with E-state index in [9.17, 15) is 0 Å². The Morgan fingerprint density at radius 2 is 1.76 bits per heavy atom. The molecule has 0 bridgehead atoms. The van der Waals surface area contributed by atoms with E-state index in [1.165, 1.54) is 16.8 Å². The standard InChI is InChI=1S/C23H32N4OS/c1-4-28-22-7-5-6-21(19(22)3)27-16-14-26(15-17-27)13-12-24-23(29)25-20-10-8-18(2)9-11-20/h5-11H,4,12-17H2,1-3H3,(H2,24,25,29). The second kappa shape index (κ2) is 10.5. The maximum absolute atomic E-state index is 5.75. The summed E-state index contributed by atoms with van der Waals surface area (Å²) in [5.74, 6) is 0.992. The van der Waals surface area contributed by atoms with Gasteiger partial charge in [-0.15, -0.1) is 0 Å². The van der Waals surface area contributed by atoms with Gasteiger partial charge in [0.25, 0.3) is 0 Å². The molecule has 1 aliphatic rings. The molecule has 156 valence electrons. The highest BCUT2D eigenvalue weighted by Crippen LogP contribution is 2.29. The number of rotatable bonds is 7. The highest BCUT2D eigenvalue weighted by Gasteiger charge is 2.19. The molecule has 2 aromatic carbocycles. The van der Waals surface area contributed by atoms with Crippen molar-refractivity contribution in [2.24, 2.45) is 0 Å². The fourth-order valence-electron chi connectivity index (χ4n) is 3.61. The van der Waals surface area contributed by atoms with Crippen LogP contribution >= 0.6 is 12.2 Å². The SMILES string of the molecule is CCOc1cccc(N2CCN(CCNC(=S)Nc3ccc(C)cc3)CC2)c1C. The average molecular weight is 413 g/mol. The van der Waals surface area contributed by atoms with Gasteiger partial charge in [0.15, 0.2) is 5.11 Å². The lowest BCUT2D eigenvalue weighted by molar-refractivity contribution is 0.261. The highest BCUT2D eigenvalue weighted by molar-refractivity contribution is 7.80. The highest BCUT2D eigenvalue weighted by atomic mass is 32.1. The number of anilines is 2. The Hall–Kier alpha value is -2.31. The van der Waals surface area contributed by atoms with Gasteiger partial charge in [-0.3, -0.25) is 4.90 Å². The molecule has 1 saturated heterocycles. The molecular weight excluding hydrogens is 380 g/mol. The maximum Gasteiger partial charge on any atom is 0.170 e. The van der Waals surface area contributed by atoms with E-state index in [4.69, 9.17) is 17.0 Å². The molecule has 1 fully saturated rings. The lowest BCUT2D eigenvalue weighted by atomic mass is 10.1. The van der Waals surface area contributed by atoms with E-state index in [2.05, 4.69) is 64.6 Å². The van der Waals surface area contributed by atoms with E-state index in [0.717, 1.165) is 50.7 Å². The van der Waals surface area contributed by atoms with Crippen LogP contribution in [0, 0.1) is 13.8 Å². The largest absolute Gasteiger partial charge is 0.494 e. The molecule has 29 heavy (non-hydrogen) atoms. The summed E-state index contributed by atoms with van der Waals surface area (Å²) in [5.41, 5.74) is 4.79. The van der Waals surface area contributed by atoms with Gasteiger partial charge >= 0.3 is 0 Å². The van der Waals surface area contributed by atoms with Crippen LogP contribution in [0.3, 0.4) is 0 Å². The lowest BCUT2D eigenvalue weighted by Gasteiger charge is -2.37. The minimum Gasteiger partial charge on any atom is -0.494 e. The van der Waals surface area contributed by atoms with E-state index >= 15 is 0 Å². The summed E-state index contributed by atoms with van der Waals surface area (Å²) < 4.78 is 5.75. The van der Waals surface area contributed by atoms with Crippen molar-refractivity contribution in [1.82, 2.24) is 10.2 Å². The smallest absolute Gasteiger partial charge is 0.170 e. The zero-order valence-corrected chi connectivity index (χ0v) is 18.5. The van der Waals surface area contributed by atoms with Crippen molar-refractivity contribution in [3.05, 3.63) is 53.6 Å². The summed E-state index contributed by atoms with van der Waals surface area (Å²) in [4.78, 5) is 4.95. The lowest BCUT2D eigenvalue weighted by Crippen LogP contribution is -2.48. The van der Waals surface area contributed by atoms with Gasteiger partial charge in [0.1, 0.15) is 5.75 Å². The van der Waals surface area contributed by atoms with Crippen molar-refractivity contribution < 1.29 is 4.74 Å². The van der Waals surface area contributed by atoms with Crippen LogP contribution in [0.15, 0.2) is 42.5 Å². The van der Waals surface area contributed by atoms with Crippen LogP contribution in [-0.2, 0) is 0 Å². The van der Waals surface area contributed by atoms with Gasteiger partial charge in [-0.25, -0.2) is 0 Å². The maximum atomic E-state index is 5.75. The number of aryl methyl sites for hydroxylation is 1. The molecule has 0 spiro atoms. The number of benzene rings is 2. The number of ether oxygens (including phenoxy) is 1. The summed E-state index contributed by atoms with van der Waals surface area (Å²) in [7, 11) is 0. The zero-order valence-electron chi connectivity index (χ0n) is 17.7. The number of nitrogens with one attached hydrogen (secondary N) is 2. The fourth-order valence-corrected chi connectivity index (χ4v) is 3.83. The molecule has 0 radical (unpaired) electrons. The Labute approximate surface area is 180 Å². The first kappa shape index (κ1) is 21.4. The first-order chi connectivity index (χ1) is 14.1. The van der Waals surface area contributed by atoms with Gasteiger partial charge in [-0.05, 0) is 57.3 Å². The summed E-state index contributed by atoms with van der Waals surface area (Å²) in [6, 6.07) is 14.6. The molecule has 0 saturated carbocycles. The first-order valence-electron chi connectivity index (χ1n) is 10.4. The monoisotopic (exact) mass is 412 g/mol. The van der Waals surface area contributed by atoms with Gasteiger partial charge in [0.2, 0.25) is 0 Å².